The second kappa shape index (κ2) is 8.57. The molecule has 0 saturated carbocycles. The quantitative estimate of drug-likeness (QED) is 0.626. The van der Waals surface area contributed by atoms with E-state index in [1.807, 2.05) is 18.2 Å². The molecule has 1 N–H and O–H groups in total. The summed E-state index contributed by atoms with van der Waals surface area (Å²) in [6.45, 7) is 0.230. The van der Waals surface area contributed by atoms with Crippen molar-refractivity contribution in [2.24, 2.45) is 5.16 Å². The molecule has 2 aromatic carbocycles. The van der Waals surface area contributed by atoms with E-state index in [-0.39, 0.29) is 18.2 Å². The van der Waals surface area contributed by atoms with Gasteiger partial charge in [0.1, 0.15) is 19.5 Å². The molecule has 0 aromatic heterocycles. The van der Waals surface area contributed by atoms with Crippen molar-refractivity contribution in [3.63, 3.8) is 0 Å². The third-order valence-corrected chi connectivity index (χ3v) is 3.92. The van der Waals surface area contributed by atoms with E-state index >= 15 is 0 Å². The van der Waals surface area contributed by atoms with Crippen LogP contribution in [0.5, 0.6) is 5.75 Å². The summed E-state index contributed by atoms with van der Waals surface area (Å²) in [7, 11) is 2.92. The van der Waals surface area contributed by atoms with Gasteiger partial charge < -0.3 is 14.9 Å². The highest BCUT2D eigenvalue weighted by Crippen LogP contribution is 2.27. The van der Waals surface area contributed by atoms with Crippen LogP contribution in [-0.2, 0) is 16.2 Å². The van der Waals surface area contributed by atoms with Crippen LogP contribution < -0.4 is 10.1 Å². The maximum atomic E-state index is 12.0. The first-order valence-electron chi connectivity index (χ1n) is 7.06. The van der Waals surface area contributed by atoms with Gasteiger partial charge in [-0.3, -0.25) is 4.79 Å². The third kappa shape index (κ3) is 4.40. The highest BCUT2D eigenvalue weighted by Gasteiger charge is 2.17. The molecule has 0 atom stereocenters. The van der Waals surface area contributed by atoms with Crippen LogP contribution in [-0.4, -0.2) is 25.8 Å². The van der Waals surface area contributed by atoms with Gasteiger partial charge in [-0.25, -0.2) is 0 Å². The Bertz CT molecular complexity index is 763. The lowest BCUT2D eigenvalue weighted by Gasteiger charge is -2.12. The van der Waals surface area contributed by atoms with Crippen molar-refractivity contribution >= 4 is 34.8 Å². The van der Waals surface area contributed by atoms with Gasteiger partial charge >= 0.3 is 0 Å². The maximum Gasteiger partial charge on any atom is 0.273 e. The summed E-state index contributed by atoms with van der Waals surface area (Å²) < 4.78 is 5.74. The van der Waals surface area contributed by atoms with Crippen LogP contribution in [0.25, 0.3) is 0 Å². The molecular formula is C17H16Cl2N2O3. The van der Waals surface area contributed by atoms with E-state index < -0.39 is 0 Å². The number of hydrogen-bond acceptors (Lipinski definition) is 4. The fraction of sp³-hybridized carbons (Fsp3) is 0.176. The van der Waals surface area contributed by atoms with Crippen LogP contribution in [0.3, 0.4) is 0 Å². The van der Waals surface area contributed by atoms with Crippen LogP contribution in [0.1, 0.15) is 11.1 Å². The molecule has 0 aliphatic heterocycles. The number of likely N-dealkylation sites (N-methyl/N-ethyl adjacent to an activating group) is 1. The number of carbonyl (C=O) groups is 1. The van der Waals surface area contributed by atoms with Gasteiger partial charge in [-0.1, -0.05) is 52.6 Å². The number of ether oxygens (including phenoxy) is 1. The number of hydrogen-bond donors (Lipinski definition) is 1. The Labute approximate surface area is 150 Å². The topological polar surface area (TPSA) is 59.9 Å². The fourth-order valence-electron chi connectivity index (χ4n) is 2.03. The van der Waals surface area contributed by atoms with E-state index in [0.717, 1.165) is 5.56 Å². The molecule has 0 aliphatic carbocycles. The van der Waals surface area contributed by atoms with E-state index in [4.69, 9.17) is 32.8 Å². The van der Waals surface area contributed by atoms with E-state index in [1.165, 1.54) is 14.2 Å². The Balaban J connectivity index is 2.26. The molecule has 0 heterocycles. The Morgan fingerprint density at radius 2 is 1.92 bits per heavy atom. The summed E-state index contributed by atoms with van der Waals surface area (Å²) in [5.74, 6) is 0.225. The lowest BCUT2D eigenvalue weighted by molar-refractivity contribution is -0.114. The Kier molecular flexibility index (Phi) is 6.46. The average Bonchev–Trinajstić information content (AvgIpc) is 2.60. The molecule has 0 aliphatic rings. The van der Waals surface area contributed by atoms with E-state index in [9.17, 15) is 4.79 Å². The molecule has 0 unspecified atom stereocenters. The van der Waals surface area contributed by atoms with E-state index in [0.29, 0.717) is 21.4 Å². The minimum atomic E-state index is -0.348. The van der Waals surface area contributed by atoms with Crippen molar-refractivity contribution in [3.05, 3.63) is 63.6 Å². The van der Waals surface area contributed by atoms with E-state index in [2.05, 4.69) is 10.5 Å². The maximum absolute atomic E-state index is 12.0. The molecule has 24 heavy (non-hydrogen) atoms. The van der Waals surface area contributed by atoms with Gasteiger partial charge in [-0.2, -0.15) is 0 Å². The van der Waals surface area contributed by atoms with Crippen molar-refractivity contribution in [2.75, 3.05) is 14.2 Å². The number of carbonyl (C=O) groups excluding carboxylic acids is 1. The number of oxime groups is 1. The summed E-state index contributed by atoms with van der Waals surface area (Å²) in [5.41, 5.74) is 1.58. The van der Waals surface area contributed by atoms with Gasteiger partial charge in [0.15, 0.2) is 5.71 Å². The summed E-state index contributed by atoms with van der Waals surface area (Å²) in [4.78, 5) is 16.8. The minimum absolute atomic E-state index is 0.174. The third-order valence-electron chi connectivity index (χ3n) is 3.18. The van der Waals surface area contributed by atoms with Crippen LogP contribution in [0, 0.1) is 0 Å². The van der Waals surface area contributed by atoms with Gasteiger partial charge in [-0.15, -0.1) is 0 Å². The second-order valence-corrected chi connectivity index (χ2v) is 5.54. The molecular weight excluding hydrogens is 351 g/mol. The van der Waals surface area contributed by atoms with Crippen LogP contribution in [0.15, 0.2) is 47.6 Å². The molecule has 0 saturated heterocycles. The van der Waals surface area contributed by atoms with Gasteiger partial charge in [0.25, 0.3) is 5.91 Å². The molecule has 5 nitrogen and oxygen atoms in total. The normalized spacial score (nSPS) is 11.1. The number of benzene rings is 2. The number of halogens is 2. The molecule has 0 bridgehead atoms. The highest BCUT2D eigenvalue weighted by molar-refractivity contribution is 6.45. The number of amides is 1. The SMILES string of the molecule is CNC(=O)/C(=N\OC)c1ccccc1COc1ccc(Cl)c(Cl)c1. The Morgan fingerprint density at radius 3 is 2.58 bits per heavy atom. The Morgan fingerprint density at radius 1 is 1.17 bits per heavy atom. The number of nitrogens with one attached hydrogen (secondary N) is 1. The molecule has 2 rings (SSSR count). The monoisotopic (exact) mass is 366 g/mol. The largest absolute Gasteiger partial charge is 0.489 e. The summed E-state index contributed by atoms with van der Waals surface area (Å²) >= 11 is 11.9. The molecule has 0 spiro atoms. The number of nitrogens with zero attached hydrogens (tertiary/aromatic N) is 1. The first-order valence-corrected chi connectivity index (χ1v) is 7.81. The lowest BCUT2D eigenvalue weighted by Crippen LogP contribution is -2.29. The summed E-state index contributed by atoms with van der Waals surface area (Å²) in [6, 6.07) is 12.3. The predicted octanol–water partition coefficient (Wildman–Crippen LogP) is 3.67. The zero-order valence-electron chi connectivity index (χ0n) is 13.2. The zero-order valence-corrected chi connectivity index (χ0v) is 14.7. The van der Waals surface area contributed by atoms with E-state index in [1.54, 1.807) is 24.3 Å². The first-order chi connectivity index (χ1) is 11.6. The van der Waals surface area contributed by atoms with Gasteiger partial charge in [-0.05, 0) is 17.7 Å². The molecule has 0 radical (unpaired) electrons. The lowest BCUT2D eigenvalue weighted by atomic mass is 10.0. The van der Waals surface area contributed by atoms with Gasteiger partial charge in [0.2, 0.25) is 0 Å². The molecule has 2 aromatic rings. The predicted molar refractivity (Wildman–Crippen MR) is 94.8 cm³/mol. The number of rotatable bonds is 6. The van der Waals surface area contributed by atoms with Gasteiger partial charge in [0.05, 0.1) is 10.0 Å². The first kappa shape index (κ1) is 18.1. The smallest absolute Gasteiger partial charge is 0.273 e. The fourth-order valence-corrected chi connectivity index (χ4v) is 2.32. The van der Waals surface area contributed by atoms with Crippen LogP contribution in [0.4, 0.5) is 0 Å². The molecule has 0 fully saturated rings. The van der Waals surface area contributed by atoms with Crippen molar-refractivity contribution in [2.45, 2.75) is 6.61 Å². The summed E-state index contributed by atoms with van der Waals surface area (Å²) in [5, 5.41) is 7.23. The molecule has 1 amide bonds. The molecule has 126 valence electrons. The van der Waals surface area contributed by atoms with Crippen molar-refractivity contribution in [3.8, 4) is 5.75 Å². The zero-order chi connectivity index (χ0) is 17.5. The van der Waals surface area contributed by atoms with Crippen LogP contribution in [0.2, 0.25) is 10.0 Å². The van der Waals surface area contributed by atoms with Crippen molar-refractivity contribution < 1.29 is 14.4 Å². The molecule has 7 heteroatoms. The second-order valence-electron chi connectivity index (χ2n) is 4.72. The summed E-state index contributed by atoms with van der Waals surface area (Å²) in [6.07, 6.45) is 0. The highest BCUT2D eigenvalue weighted by atomic mass is 35.5. The van der Waals surface area contributed by atoms with Crippen molar-refractivity contribution in [1.82, 2.24) is 5.32 Å². The van der Waals surface area contributed by atoms with Gasteiger partial charge in [0, 0.05) is 18.7 Å². The average molecular weight is 367 g/mol. The van der Waals surface area contributed by atoms with Crippen LogP contribution >= 0.6 is 23.2 Å². The van der Waals surface area contributed by atoms with Crippen molar-refractivity contribution in [1.29, 1.82) is 0 Å². The minimum Gasteiger partial charge on any atom is -0.489 e. The Hall–Kier alpha value is -2.24. The standard InChI is InChI=1S/C17H16Cl2N2O3/c1-20-17(22)16(21-23-2)13-6-4-3-5-11(13)10-24-12-7-8-14(18)15(19)9-12/h3-9H,10H2,1-2H3,(H,20,22)/b21-16-.